The molecule has 36 heavy (non-hydrogen) atoms. The molecule has 1 unspecified atom stereocenters. The van der Waals surface area contributed by atoms with Crippen molar-refractivity contribution >= 4 is 35.0 Å². The van der Waals surface area contributed by atoms with E-state index in [1.54, 1.807) is 0 Å². The van der Waals surface area contributed by atoms with Crippen molar-refractivity contribution in [2.45, 2.75) is 57.0 Å². The molecule has 0 aliphatic heterocycles. The highest BCUT2D eigenvalue weighted by Gasteiger charge is 2.25. The normalized spacial score (nSPS) is 18.2. The van der Waals surface area contributed by atoms with Gasteiger partial charge in [0, 0.05) is 12.1 Å². The van der Waals surface area contributed by atoms with E-state index < -0.39 is 24.6 Å². The number of ether oxygens (including phenoxy) is 1. The first-order valence-corrected chi connectivity index (χ1v) is 11.6. The van der Waals surface area contributed by atoms with Gasteiger partial charge in [0.25, 0.3) is 0 Å². The molecule has 13 nitrogen and oxygen atoms in total. The number of aromatic nitrogens is 4. The van der Waals surface area contributed by atoms with Crippen LogP contribution in [0, 0.1) is 5.41 Å². The SMILES string of the molecule is N=C(N)NC1CCC(Nc2ncnc3c2ncn3C(CC(=O)O)NC(=O)OCc2ccccc2)CC1. The number of anilines is 1. The van der Waals surface area contributed by atoms with Gasteiger partial charge >= 0.3 is 12.1 Å². The van der Waals surface area contributed by atoms with Crippen molar-refractivity contribution in [3.05, 3.63) is 48.5 Å². The monoisotopic (exact) mass is 495 g/mol. The first-order chi connectivity index (χ1) is 17.4. The van der Waals surface area contributed by atoms with Crippen LogP contribution in [0.15, 0.2) is 43.0 Å². The number of nitrogens with one attached hydrogen (secondary N) is 4. The first kappa shape index (κ1) is 24.7. The highest BCUT2D eigenvalue weighted by atomic mass is 16.5. The summed E-state index contributed by atoms with van der Waals surface area (Å²) < 4.78 is 6.75. The predicted octanol–water partition coefficient (Wildman–Crippen LogP) is 1.93. The molecule has 1 aromatic carbocycles. The van der Waals surface area contributed by atoms with Gasteiger partial charge in [-0.2, -0.15) is 0 Å². The van der Waals surface area contributed by atoms with Crippen molar-refractivity contribution in [2.75, 3.05) is 5.32 Å². The highest BCUT2D eigenvalue weighted by molar-refractivity contribution is 5.83. The van der Waals surface area contributed by atoms with Gasteiger partial charge in [-0.1, -0.05) is 30.3 Å². The lowest BCUT2D eigenvalue weighted by atomic mass is 9.91. The number of hydrogen-bond acceptors (Lipinski definition) is 8. The van der Waals surface area contributed by atoms with Gasteiger partial charge in [0.05, 0.1) is 12.7 Å². The number of imidazole rings is 1. The summed E-state index contributed by atoms with van der Waals surface area (Å²) in [5, 5.41) is 25.8. The van der Waals surface area contributed by atoms with Crippen LogP contribution in [-0.2, 0) is 16.1 Å². The summed E-state index contributed by atoms with van der Waals surface area (Å²) in [6, 6.07) is 9.50. The number of benzene rings is 1. The van der Waals surface area contributed by atoms with E-state index in [1.807, 2.05) is 30.3 Å². The zero-order chi connectivity index (χ0) is 25.5. The van der Waals surface area contributed by atoms with Crippen LogP contribution in [0.4, 0.5) is 10.6 Å². The zero-order valence-corrected chi connectivity index (χ0v) is 19.6. The van der Waals surface area contributed by atoms with Crippen LogP contribution in [0.5, 0.6) is 0 Å². The van der Waals surface area contributed by atoms with Crippen LogP contribution in [0.2, 0.25) is 0 Å². The summed E-state index contributed by atoms with van der Waals surface area (Å²) >= 11 is 0. The molecule has 7 N–H and O–H groups in total. The maximum Gasteiger partial charge on any atom is 0.409 e. The van der Waals surface area contributed by atoms with Gasteiger partial charge < -0.3 is 31.5 Å². The Morgan fingerprint density at radius 1 is 1.14 bits per heavy atom. The maximum absolute atomic E-state index is 12.4. The van der Waals surface area contributed by atoms with Crippen molar-refractivity contribution < 1.29 is 19.4 Å². The van der Waals surface area contributed by atoms with Gasteiger partial charge in [0.15, 0.2) is 17.4 Å². The number of carbonyl (C=O) groups excluding carboxylic acids is 1. The van der Waals surface area contributed by atoms with Crippen molar-refractivity contribution in [2.24, 2.45) is 5.73 Å². The van der Waals surface area contributed by atoms with Crippen LogP contribution in [0.25, 0.3) is 11.2 Å². The minimum Gasteiger partial charge on any atom is -0.481 e. The molecule has 3 aromatic rings. The van der Waals surface area contributed by atoms with E-state index in [9.17, 15) is 14.7 Å². The average Bonchev–Trinajstić information content (AvgIpc) is 3.29. The third-order valence-electron chi connectivity index (χ3n) is 5.99. The number of carboxylic acids is 1. The Bertz CT molecular complexity index is 1210. The lowest BCUT2D eigenvalue weighted by Gasteiger charge is -2.30. The Labute approximate surface area is 207 Å². The average molecular weight is 496 g/mol. The van der Waals surface area contributed by atoms with Crippen LogP contribution < -0.4 is 21.7 Å². The summed E-state index contributed by atoms with van der Waals surface area (Å²) in [6.07, 6.45) is 4.11. The topological polar surface area (TPSA) is 193 Å². The third kappa shape index (κ3) is 6.37. The van der Waals surface area contributed by atoms with Gasteiger partial charge in [0.2, 0.25) is 0 Å². The van der Waals surface area contributed by atoms with Crippen LogP contribution in [-0.4, -0.2) is 54.7 Å². The van der Waals surface area contributed by atoms with E-state index >= 15 is 0 Å². The number of nitrogens with two attached hydrogens (primary N) is 1. The molecule has 2 heterocycles. The number of amides is 1. The fourth-order valence-electron chi connectivity index (χ4n) is 4.27. The summed E-state index contributed by atoms with van der Waals surface area (Å²) in [4.78, 5) is 37.0. The number of fused-ring (bicyclic) bond motifs is 1. The second-order valence-corrected chi connectivity index (χ2v) is 8.62. The molecular weight excluding hydrogens is 466 g/mol. The van der Waals surface area contributed by atoms with Crippen molar-refractivity contribution in [3.8, 4) is 0 Å². The fraction of sp³-hybridized carbons (Fsp3) is 0.391. The number of rotatable bonds is 9. The molecule has 1 aliphatic rings. The van der Waals surface area contributed by atoms with Gasteiger partial charge in [-0.3, -0.25) is 14.8 Å². The molecule has 1 atom stereocenters. The molecule has 0 bridgehead atoms. The molecule has 190 valence electrons. The molecule has 0 saturated heterocycles. The molecule has 1 aliphatic carbocycles. The van der Waals surface area contributed by atoms with Gasteiger partial charge in [-0.25, -0.2) is 19.7 Å². The van der Waals surface area contributed by atoms with E-state index in [2.05, 4.69) is 30.9 Å². The summed E-state index contributed by atoms with van der Waals surface area (Å²) in [5.74, 6) is -0.598. The quantitative estimate of drug-likeness (QED) is 0.189. The summed E-state index contributed by atoms with van der Waals surface area (Å²) in [6.45, 7) is 0.0531. The highest BCUT2D eigenvalue weighted by Crippen LogP contribution is 2.26. The number of hydrogen-bond donors (Lipinski definition) is 6. The second-order valence-electron chi connectivity index (χ2n) is 8.62. The lowest BCUT2D eigenvalue weighted by molar-refractivity contribution is -0.138. The number of carbonyl (C=O) groups is 2. The molecule has 0 radical (unpaired) electrons. The number of carboxylic acid groups (broad SMARTS) is 1. The molecular formula is C23H29N9O4. The Hall–Kier alpha value is -4.42. The van der Waals surface area contributed by atoms with Crippen molar-refractivity contribution in [1.29, 1.82) is 5.41 Å². The number of guanidine groups is 1. The predicted molar refractivity (Wildman–Crippen MR) is 131 cm³/mol. The molecule has 1 fully saturated rings. The molecule has 1 saturated carbocycles. The Morgan fingerprint density at radius 3 is 2.56 bits per heavy atom. The standard InChI is InChI=1S/C23H29N9O4/c24-22(25)30-16-8-6-15(7-9-16)29-20-19-21(27-12-26-20)32(13-28-19)17(10-18(33)34)31-23(35)36-11-14-4-2-1-3-5-14/h1-5,12-13,15-17H,6-11H2,(H,31,35)(H,33,34)(H4,24,25,30)(H,26,27,29). The largest absolute Gasteiger partial charge is 0.481 e. The van der Waals surface area contributed by atoms with E-state index in [-0.39, 0.29) is 24.7 Å². The minimum absolute atomic E-state index is 0.0251. The molecule has 0 spiro atoms. The maximum atomic E-state index is 12.4. The minimum atomic E-state index is -1.10. The number of aliphatic carboxylic acids is 1. The van der Waals surface area contributed by atoms with E-state index in [1.165, 1.54) is 17.2 Å². The van der Waals surface area contributed by atoms with E-state index in [0.717, 1.165) is 31.2 Å². The van der Waals surface area contributed by atoms with Crippen LogP contribution in [0.1, 0.15) is 43.8 Å². The van der Waals surface area contributed by atoms with Gasteiger partial charge in [-0.05, 0) is 31.2 Å². The van der Waals surface area contributed by atoms with Crippen LogP contribution >= 0.6 is 0 Å². The third-order valence-corrected chi connectivity index (χ3v) is 5.99. The molecule has 1 amide bonds. The Kier molecular flexibility index (Phi) is 7.78. The molecule has 13 heteroatoms. The van der Waals surface area contributed by atoms with Crippen LogP contribution in [0.3, 0.4) is 0 Å². The summed E-state index contributed by atoms with van der Waals surface area (Å²) in [7, 11) is 0. The van der Waals surface area contributed by atoms with Gasteiger partial charge in [0.1, 0.15) is 24.6 Å². The smallest absolute Gasteiger partial charge is 0.409 e. The molecule has 2 aromatic heterocycles. The van der Waals surface area contributed by atoms with Crippen molar-refractivity contribution in [1.82, 2.24) is 30.2 Å². The number of nitrogens with zero attached hydrogens (tertiary/aromatic N) is 4. The number of alkyl carbamates (subject to hydrolysis) is 1. The second kappa shape index (κ2) is 11.3. The molecule has 4 rings (SSSR count). The Morgan fingerprint density at radius 2 is 1.86 bits per heavy atom. The Balaban J connectivity index is 1.45. The van der Waals surface area contributed by atoms with Gasteiger partial charge in [-0.15, -0.1) is 0 Å². The first-order valence-electron chi connectivity index (χ1n) is 11.6. The lowest BCUT2D eigenvalue weighted by Crippen LogP contribution is -2.43. The summed E-state index contributed by atoms with van der Waals surface area (Å²) in [5.41, 5.74) is 7.09. The van der Waals surface area contributed by atoms with Crippen molar-refractivity contribution in [3.63, 3.8) is 0 Å². The zero-order valence-electron chi connectivity index (χ0n) is 19.6. The fourth-order valence-corrected chi connectivity index (χ4v) is 4.27. The van der Waals surface area contributed by atoms with E-state index in [0.29, 0.717) is 17.0 Å². The van der Waals surface area contributed by atoms with E-state index in [4.69, 9.17) is 15.9 Å².